The van der Waals surface area contributed by atoms with E-state index in [9.17, 15) is 9.59 Å². The van der Waals surface area contributed by atoms with E-state index in [2.05, 4.69) is 29.3 Å². The number of carbonyl (C=O) groups is 2. The van der Waals surface area contributed by atoms with Crippen molar-refractivity contribution in [2.75, 3.05) is 45.9 Å². The van der Waals surface area contributed by atoms with Crippen molar-refractivity contribution in [1.29, 1.82) is 0 Å². The topological polar surface area (TPSA) is 61.9 Å². The smallest absolute Gasteiger partial charge is 0.253 e. The second-order valence-electron chi connectivity index (χ2n) is 11.1. The van der Waals surface area contributed by atoms with Crippen LogP contribution in [0.2, 0.25) is 0 Å². The molecular weight excluding hydrogens is 498 g/mol. The minimum Gasteiger partial charge on any atom is -0.492 e. The van der Waals surface area contributed by atoms with Crippen LogP contribution in [0.4, 0.5) is 0 Å². The largest absolute Gasteiger partial charge is 0.492 e. The average molecular weight is 540 g/mol. The maximum absolute atomic E-state index is 12.6. The molecule has 40 heavy (non-hydrogen) atoms. The molecule has 1 fully saturated rings. The summed E-state index contributed by atoms with van der Waals surface area (Å²) in [6.07, 6.45) is 2.83. The third-order valence-electron chi connectivity index (χ3n) is 8.73. The van der Waals surface area contributed by atoms with Crippen molar-refractivity contribution in [1.82, 2.24) is 15.1 Å². The third kappa shape index (κ3) is 5.78. The maximum atomic E-state index is 12.6. The Bertz CT molecular complexity index is 1340. The fourth-order valence-corrected chi connectivity index (χ4v) is 6.38. The van der Waals surface area contributed by atoms with E-state index in [4.69, 9.17) is 4.74 Å². The van der Waals surface area contributed by atoms with Crippen LogP contribution < -0.4 is 10.1 Å². The van der Waals surface area contributed by atoms with E-state index in [0.717, 1.165) is 73.4 Å². The number of aryl methyl sites for hydroxylation is 1. The summed E-state index contributed by atoms with van der Waals surface area (Å²) >= 11 is 0. The molecule has 2 heterocycles. The highest BCUT2D eigenvalue weighted by atomic mass is 16.5. The van der Waals surface area contributed by atoms with Gasteiger partial charge in [0.15, 0.2) is 0 Å². The summed E-state index contributed by atoms with van der Waals surface area (Å²) in [5, 5.41) is 3.15. The second kappa shape index (κ2) is 12.3. The van der Waals surface area contributed by atoms with Crippen molar-refractivity contribution < 1.29 is 14.3 Å². The number of benzene rings is 3. The Balaban J connectivity index is 1.16. The molecule has 1 saturated heterocycles. The number of rotatable bonds is 9. The number of likely N-dealkylation sites (tertiary alicyclic amines) is 1. The molecule has 0 aliphatic carbocycles. The molecule has 2 aliphatic rings. The summed E-state index contributed by atoms with van der Waals surface area (Å²) in [5.41, 5.74) is 6.40. The second-order valence-corrected chi connectivity index (χ2v) is 11.1. The van der Waals surface area contributed by atoms with Gasteiger partial charge in [-0.1, -0.05) is 42.5 Å². The van der Waals surface area contributed by atoms with Crippen LogP contribution in [-0.4, -0.2) is 67.5 Å². The SMILES string of the molecule is CCN(CC)C(=O)c1ccc(Cc2ccccc2OCCN2CCC3(CC2)CNC(=O)c2cccc(C)c23)cc1. The van der Waals surface area contributed by atoms with Gasteiger partial charge < -0.3 is 15.0 Å². The predicted molar refractivity (Wildman–Crippen MR) is 159 cm³/mol. The van der Waals surface area contributed by atoms with E-state index in [1.165, 1.54) is 11.1 Å². The molecule has 0 unspecified atom stereocenters. The average Bonchev–Trinajstić information content (AvgIpc) is 2.98. The lowest BCUT2D eigenvalue weighted by Crippen LogP contribution is -2.53. The van der Waals surface area contributed by atoms with E-state index in [0.29, 0.717) is 19.7 Å². The molecule has 3 aromatic carbocycles. The normalized spacial score (nSPS) is 16.3. The van der Waals surface area contributed by atoms with Crippen LogP contribution in [0.1, 0.15) is 69.7 Å². The first kappa shape index (κ1) is 27.9. The molecule has 1 N–H and O–H groups in total. The Labute approximate surface area is 238 Å². The summed E-state index contributed by atoms with van der Waals surface area (Å²) in [6.45, 7) is 11.8. The van der Waals surface area contributed by atoms with Crippen molar-refractivity contribution in [2.45, 2.75) is 45.4 Å². The van der Waals surface area contributed by atoms with Crippen LogP contribution in [0, 0.1) is 6.92 Å². The quantitative estimate of drug-likeness (QED) is 0.405. The van der Waals surface area contributed by atoms with Gasteiger partial charge in [0.25, 0.3) is 11.8 Å². The molecule has 6 nitrogen and oxygen atoms in total. The number of nitrogens with one attached hydrogen (secondary N) is 1. The first-order valence-electron chi connectivity index (χ1n) is 14.6. The van der Waals surface area contributed by atoms with Crippen LogP contribution in [0.25, 0.3) is 0 Å². The van der Waals surface area contributed by atoms with E-state index in [-0.39, 0.29) is 17.2 Å². The van der Waals surface area contributed by atoms with Gasteiger partial charge in [-0.05, 0) is 93.2 Å². The van der Waals surface area contributed by atoms with Crippen molar-refractivity contribution >= 4 is 11.8 Å². The Morgan fingerprint density at radius 3 is 2.42 bits per heavy atom. The van der Waals surface area contributed by atoms with Gasteiger partial charge in [-0.15, -0.1) is 0 Å². The molecule has 2 aliphatic heterocycles. The van der Waals surface area contributed by atoms with Crippen molar-refractivity contribution in [3.63, 3.8) is 0 Å². The van der Waals surface area contributed by atoms with Crippen LogP contribution in [-0.2, 0) is 11.8 Å². The molecular formula is C34H41N3O3. The van der Waals surface area contributed by atoms with Gasteiger partial charge in [-0.25, -0.2) is 0 Å². The number of amides is 2. The van der Waals surface area contributed by atoms with Crippen LogP contribution >= 0.6 is 0 Å². The van der Waals surface area contributed by atoms with E-state index in [1.54, 1.807) is 0 Å². The fraction of sp³-hybridized carbons (Fsp3) is 0.412. The number of piperidine rings is 1. The first-order chi connectivity index (χ1) is 19.4. The molecule has 0 saturated carbocycles. The third-order valence-corrected chi connectivity index (χ3v) is 8.73. The van der Waals surface area contributed by atoms with Gasteiger partial charge in [-0.2, -0.15) is 0 Å². The van der Waals surface area contributed by atoms with E-state index in [1.807, 2.05) is 73.3 Å². The number of hydrogen-bond acceptors (Lipinski definition) is 4. The highest BCUT2D eigenvalue weighted by molar-refractivity contribution is 5.98. The lowest BCUT2D eigenvalue weighted by Gasteiger charge is -2.46. The Morgan fingerprint density at radius 1 is 0.975 bits per heavy atom. The van der Waals surface area contributed by atoms with E-state index < -0.39 is 0 Å². The van der Waals surface area contributed by atoms with Crippen LogP contribution in [0.3, 0.4) is 0 Å². The number of carbonyl (C=O) groups excluding carboxylic acids is 2. The summed E-state index contributed by atoms with van der Waals surface area (Å²) in [5.74, 6) is 1.05. The number of para-hydroxylation sites is 1. The minimum atomic E-state index is 0.0318. The van der Waals surface area contributed by atoms with Crippen LogP contribution in [0.15, 0.2) is 66.7 Å². The van der Waals surface area contributed by atoms with Gasteiger partial charge in [0.05, 0.1) is 0 Å². The number of fused-ring (bicyclic) bond motifs is 2. The summed E-state index contributed by atoms with van der Waals surface area (Å²) in [4.78, 5) is 29.4. The van der Waals surface area contributed by atoms with Gasteiger partial charge in [0.1, 0.15) is 12.4 Å². The molecule has 5 rings (SSSR count). The fourth-order valence-electron chi connectivity index (χ4n) is 6.38. The molecule has 6 heteroatoms. The van der Waals surface area contributed by atoms with Gasteiger partial charge in [0.2, 0.25) is 0 Å². The lowest BCUT2D eigenvalue weighted by atomic mass is 9.68. The zero-order valence-corrected chi connectivity index (χ0v) is 24.0. The summed E-state index contributed by atoms with van der Waals surface area (Å²) in [7, 11) is 0. The first-order valence-corrected chi connectivity index (χ1v) is 14.6. The predicted octanol–water partition coefficient (Wildman–Crippen LogP) is 5.22. The molecule has 210 valence electrons. The molecule has 0 atom stereocenters. The number of ether oxygens (including phenoxy) is 1. The zero-order valence-electron chi connectivity index (χ0n) is 24.0. The highest BCUT2D eigenvalue weighted by Crippen LogP contribution is 2.41. The molecule has 0 radical (unpaired) electrons. The Morgan fingerprint density at radius 2 is 1.70 bits per heavy atom. The number of nitrogens with zero attached hydrogens (tertiary/aromatic N) is 2. The summed E-state index contributed by atoms with van der Waals surface area (Å²) < 4.78 is 6.30. The van der Waals surface area contributed by atoms with Crippen molar-refractivity contribution in [3.8, 4) is 5.75 Å². The molecule has 3 aromatic rings. The minimum absolute atomic E-state index is 0.0318. The van der Waals surface area contributed by atoms with E-state index >= 15 is 0 Å². The van der Waals surface area contributed by atoms with Crippen molar-refractivity contribution in [2.24, 2.45) is 0 Å². The zero-order chi connectivity index (χ0) is 28.1. The molecule has 2 amide bonds. The van der Waals surface area contributed by atoms with Gasteiger partial charge >= 0.3 is 0 Å². The van der Waals surface area contributed by atoms with Gasteiger partial charge in [-0.3, -0.25) is 14.5 Å². The monoisotopic (exact) mass is 539 g/mol. The molecule has 1 spiro atoms. The summed E-state index contributed by atoms with van der Waals surface area (Å²) in [6, 6.07) is 22.3. The molecule has 0 bridgehead atoms. The Kier molecular flexibility index (Phi) is 8.55. The highest BCUT2D eigenvalue weighted by Gasteiger charge is 2.42. The number of hydrogen-bond donors (Lipinski definition) is 1. The molecule has 0 aromatic heterocycles. The standard InChI is InChI=1S/C34H41N3O3/c1-4-37(5-2)33(39)27-15-13-26(14-16-27)23-28-10-6-7-12-30(28)40-22-21-36-19-17-34(18-20-36)24-35-32(38)29-11-8-9-25(3)31(29)34/h6-16H,4-5,17-24H2,1-3H3,(H,35,38). The van der Waals surface area contributed by atoms with Gasteiger partial charge in [0, 0.05) is 49.1 Å². The maximum Gasteiger partial charge on any atom is 0.253 e. The lowest BCUT2D eigenvalue weighted by molar-refractivity contribution is 0.0772. The van der Waals surface area contributed by atoms with Crippen molar-refractivity contribution in [3.05, 3.63) is 100 Å². The Hall–Kier alpha value is -3.64. The van der Waals surface area contributed by atoms with Crippen LogP contribution in [0.5, 0.6) is 5.75 Å².